The van der Waals surface area contributed by atoms with Crippen molar-refractivity contribution < 1.29 is 19.1 Å². The zero-order valence-electron chi connectivity index (χ0n) is 9.60. The van der Waals surface area contributed by atoms with Crippen molar-refractivity contribution in [3.05, 3.63) is 35.4 Å². The summed E-state index contributed by atoms with van der Waals surface area (Å²) in [7, 11) is 2.39. The molecule has 1 aromatic carbocycles. The van der Waals surface area contributed by atoms with E-state index in [-0.39, 0.29) is 5.57 Å². The van der Waals surface area contributed by atoms with Gasteiger partial charge in [-0.2, -0.15) is 0 Å². The molecule has 5 heteroatoms. The van der Waals surface area contributed by atoms with E-state index in [4.69, 9.17) is 5.73 Å². The average Bonchev–Trinajstić information content (AvgIpc) is 2.34. The van der Waals surface area contributed by atoms with Crippen LogP contribution in [-0.2, 0) is 19.1 Å². The number of hydrogen-bond acceptors (Lipinski definition) is 5. The number of rotatable bonds is 3. The summed E-state index contributed by atoms with van der Waals surface area (Å²) in [5.74, 6) is -1.50. The number of carbonyl (C=O) groups is 2. The molecule has 0 atom stereocenters. The Morgan fingerprint density at radius 3 is 2.24 bits per heavy atom. The van der Waals surface area contributed by atoms with Crippen LogP contribution in [0.25, 0.3) is 6.08 Å². The van der Waals surface area contributed by atoms with Crippen molar-refractivity contribution in [2.45, 2.75) is 0 Å². The minimum absolute atomic E-state index is 0.180. The summed E-state index contributed by atoms with van der Waals surface area (Å²) in [6.07, 6.45) is 1.37. The van der Waals surface area contributed by atoms with Gasteiger partial charge in [0, 0.05) is 5.69 Å². The van der Waals surface area contributed by atoms with Gasteiger partial charge in [-0.3, -0.25) is 0 Å². The summed E-state index contributed by atoms with van der Waals surface area (Å²) < 4.78 is 9.00. The third-order valence-corrected chi connectivity index (χ3v) is 2.03. The highest BCUT2D eigenvalue weighted by Crippen LogP contribution is 2.12. The summed E-state index contributed by atoms with van der Waals surface area (Å²) in [6.45, 7) is 0. The third-order valence-electron chi connectivity index (χ3n) is 2.03. The molecule has 17 heavy (non-hydrogen) atoms. The summed E-state index contributed by atoms with van der Waals surface area (Å²) in [5.41, 5.74) is 6.57. The maximum Gasteiger partial charge on any atom is 0.345 e. The first-order chi connectivity index (χ1) is 8.08. The lowest BCUT2D eigenvalue weighted by Gasteiger charge is -2.03. The Kier molecular flexibility index (Phi) is 4.28. The lowest BCUT2D eigenvalue weighted by molar-refractivity contribution is -0.143. The third kappa shape index (κ3) is 3.34. The smallest absolute Gasteiger partial charge is 0.345 e. The van der Waals surface area contributed by atoms with E-state index in [9.17, 15) is 9.59 Å². The van der Waals surface area contributed by atoms with Crippen LogP contribution in [-0.4, -0.2) is 26.2 Å². The predicted octanol–water partition coefficient (Wildman–Crippen LogP) is 0.998. The molecule has 0 heterocycles. The van der Waals surface area contributed by atoms with Crippen molar-refractivity contribution in [2.24, 2.45) is 0 Å². The lowest BCUT2D eigenvalue weighted by Crippen LogP contribution is -2.15. The van der Waals surface area contributed by atoms with E-state index < -0.39 is 11.9 Å². The molecule has 0 amide bonds. The molecular weight excluding hydrogens is 222 g/mol. The molecule has 0 radical (unpaired) electrons. The zero-order valence-corrected chi connectivity index (χ0v) is 9.60. The molecule has 0 aliphatic rings. The molecule has 0 saturated carbocycles. The van der Waals surface area contributed by atoms with Crippen molar-refractivity contribution >= 4 is 23.7 Å². The minimum atomic E-state index is -0.751. The fourth-order valence-corrected chi connectivity index (χ4v) is 1.24. The van der Waals surface area contributed by atoms with Crippen molar-refractivity contribution in [3.63, 3.8) is 0 Å². The molecule has 2 N–H and O–H groups in total. The van der Waals surface area contributed by atoms with Crippen LogP contribution < -0.4 is 5.73 Å². The Bertz CT molecular complexity index is 447. The van der Waals surface area contributed by atoms with Crippen molar-refractivity contribution in [1.29, 1.82) is 0 Å². The lowest BCUT2D eigenvalue weighted by atomic mass is 10.1. The predicted molar refractivity (Wildman–Crippen MR) is 62.9 cm³/mol. The number of esters is 2. The van der Waals surface area contributed by atoms with Crippen LogP contribution in [0, 0.1) is 0 Å². The molecule has 0 bridgehead atoms. The van der Waals surface area contributed by atoms with Gasteiger partial charge in [0.2, 0.25) is 0 Å². The number of methoxy groups -OCH3 is 2. The topological polar surface area (TPSA) is 78.6 Å². The van der Waals surface area contributed by atoms with E-state index >= 15 is 0 Å². The van der Waals surface area contributed by atoms with Gasteiger partial charge in [0.25, 0.3) is 0 Å². The Balaban J connectivity index is 3.13. The van der Waals surface area contributed by atoms with E-state index in [1.807, 2.05) is 0 Å². The van der Waals surface area contributed by atoms with Crippen LogP contribution in [0.2, 0.25) is 0 Å². The van der Waals surface area contributed by atoms with Gasteiger partial charge < -0.3 is 15.2 Å². The maximum atomic E-state index is 11.4. The van der Waals surface area contributed by atoms with Crippen LogP contribution in [0.5, 0.6) is 0 Å². The van der Waals surface area contributed by atoms with Gasteiger partial charge in [0.15, 0.2) is 0 Å². The summed E-state index contributed by atoms with van der Waals surface area (Å²) in [5, 5.41) is 0. The number of nitrogens with two attached hydrogens (primary N) is 1. The first-order valence-electron chi connectivity index (χ1n) is 4.82. The standard InChI is InChI=1S/C12H13NO4/c1-16-11(14)10(12(15)17-2)7-8-4-3-5-9(13)6-8/h3-7H,13H2,1-2H3. The summed E-state index contributed by atoms with van der Waals surface area (Å²) in [6, 6.07) is 6.76. The number of nitrogen functional groups attached to an aromatic ring is 1. The summed E-state index contributed by atoms with van der Waals surface area (Å²) in [4.78, 5) is 22.8. The van der Waals surface area contributed by atoms with E-state index in [1.165, 1.54) is 20.3 Å². The highest BCUT2D eigenvalue weighted by Gasteiger charge is 2.19. The normalized spacial score (nSPS) is 9.29. The van der Waals surface area contributed by atoms with Crippen molar-refractivity contribution in [2.75, 3.05) is 20.0 Å². The molecule has 0 fully saturated rings. The molecule has 0 aliphatic carbocycles. The Labute approximate surface area is 98.8 Å². The van der Waals surface area contributed by atoms with E-state index in [1.54, 1.807) is 24.3 Å². The van der Waals surface area contributed by atoms with Crippen LogP contribution in [0.4, 0.5) is 5.69 Å². The van der Waals surface area contributed by atoms with Crippen molar-refractivity contribution in [3.8, 4) is 0 Å². The highest BCUT2D eigenvalue weighted by atomic mass is 16.5. The first kappa shape index (κ1) is 12.8. The minimum Gasteiger partial charge on any atom is -0.465 e. The van der Waals surface area contributed by atoms with Crippen molar-refractivity contribution in [1.82, 2.24) is 0 Å². The SMILES string of the molecule is COC(=O)C(=Cc1cccc(N)c1)C(=O)OC. The van der Waals surface area contributed by atoms with Gasteiger partial charge in [-0.25, -0.2) is 9.59 Å². The van der Waals surface area contributed by atoms with Gasteiger partial charge in [0.1, 0.15) is 5.57 Å². The second kappa shape index (κ2) is 5.69. The quantitative estimate of drug-likeness (QED) is 0.278. The monoisotopic (exact) mass is 235 g/mol. The average molecular weight is 235 g/mol. The number of anilines is 1. The molecule has 0 saturated heterocycles. The summed E-state index contributed by atoms with van der Waals surface area (Å²) >= 11 is 0. The molecule has 90 valence electrons. The Hall–Kier alpha value is -2.30. The zero-order chi connectivity index (χ0) is 12.8. The molecule has 1 aromatic rings. The van der Waals surface area contributed by atoms with Gasteiger partial charge in [0.05, 0.1) is 14.2 Å². The Morgan fingerprint density at radius 2 is 1.76 bits per heavy atom. The molecule has 0 spiro atoms. The molecule has 5 nitrogen and oxygen atoms in total. The first-order valence-corrected chi connectivity index (χ1v) is 4.82. The van der Waals surface area contributed by atoms with Crippen LogP contribution in [0.1, 0.15) is 5.56 Å². The van der Waals surface area contributed by atoms with Crippen LogP contribution in [0.15, 0.2) is 29.8 Å². The number of ether oxygens (including phenoxy) is 2. The fourth-order valence-electron chi connectivity index (χ4n) is 1.24. The van der Waals surface area contributed by atoms with Gasteiger partial charge >= 0.3 is 11.9 Å². The van der Waals surface area contributed by atoms with E-state index in [2.05, 4.69) is 9.47 Å². The molecule has 0 aliphatic heterocycles. The molecule has 0 aromatic heterocycles. The van der Waals surface area contributed by atoms with Crippen LogP contribution in [0.3, 0.4) is 0 Å². The van der Waals surface area contributed by atoms with Gasteiger partial charge in [-0.15, -0.1) is 0 Å². The van der Waals surface area contributed by atoms with E-state index in [0.717, 1.165) is 0 Å². The molecule has 1 rings (SSSR count). The second-order valence-electron chi connectivity index (χ2n) is 3.21. The van der Waals surface area contributed by atoms with Crippen LogP contribution >= 0.6 is 0 Å². The highest BCUT2D eigenvalue weighted by molar-refractivity contribution is 6.17. The van der Waals surface area contributed by atoms with Gasteiger partial charge in [-0.05, 0) is 23.8 Å². The molecule has 0 unspecified atom stereocenters. The maximum absolute atomic E-state index is 11.4. The molecular formula is C12H13NO4. The van der Waals surface area contributed by atoms with E-state index in [0.29, 0.717) is 11.3 Å². The van der Waals surface area contributed by atoms with Gasteiger partial charge in [-0.1, -0.05) is 12.1 Å². The number of carbonyl (C=O) groups excluding carboxylic acids is 2. The Morgan fingerprint density at radius 1 is 1.18 bits per heavy atom. The number of hydrogen-bond donors (Lipinski definition) is 1. The fraction of sp³-hybridized carbons (Fsp3) is 0.167. The largest absolute Gasteiger partial charge is 0.465 e. The number of benzene rings is 1. The second-order valence-corrected chi connectivity index (χ2v) is 3.21.